The normalized spacial score (nSPS) is 10.6. The fourth-order valence-corrected chi connectivity index (χ4v) is 3.03. The second-order valence-corrected chi connectivity index (χ2v) is 5.66. The Kier molecular flexibility index (Phi) is 3.27. The molecule has 0 radical (unpaired) electrons. The molecule has 0 bridgehead atoms. The molecule has 0 aliphatic heterocycles. The second kappa shape index (κ2) is 5.07. The van der Waals surface area contributed by atoms with E-state index in [9.17, 15) is 4.79 Å². The average molecular weight is 334 g/mol. The molecule has 1 amide bonds. The SMILES string of the molecule is O=C(Nc1nc2cncc(Br)c2s1)c1ccccc1. The lowest BCUT2D eigenvalue weighted by molar-refractivity contribution is 0.102. The van der Waals surface area contributed by atoms with Crippen molar-refractivity contribution in [2.45, 2.75) is 0 Å². The first-order valence-electron chi connectivity index (χ1n) is 5.50. The van der Waals surface area contributed by atoms with Crippen LogP contribution < -0.4 is 5.32 Å². The standard InChI is InChI=1S/C13H8BrN3OS/c14-9-6-15-7-10-11(9)19-13(16-10)17-12(18)8-4-2-1-3-5-8/h1-7H,(H,16,17,18). The predicted molar refractivity (Wildman–Crippen MR) is 79.5 cm³/mol. The van der Waals surface area contributed by atoms with Crippen LogP contribution in [-0.4, -0.2) is 15.9 Å². The van der Waals surface area contributed by atoms with Gasteiger partial charge in [-0.2, -0.15) is 0 Å². The number of fused-ring (bicyclic) bond motifs is 1. The molecule has 0 atom stereocenters. The lowest BCUT2D eigenvalue weighted by Gasteiger charge is -2.00. The number of amides is 1. The summed E-state index contributed by atoms with van der Waals surface area (Å²) in [4.78, 5) is 20.4. The van der Waals surface area contributed by atoms with Gasteiger partial charge in [0.1, 0.15) is 5.52 Å². The second-order valence-electron chi connectivity index (χ2n) is 3.81. The minimum absolute atomic E-state index is 0.163. The van der Waals surface area contributed by atoms with Gasteiger partial charge in [0.15, 0.2) is 5.13 Å². The van der Waals surface area contributed by atoms with Crippen molar-refractivity contribution in [2.75, 3.05) is 5.32 Å². The Bertz CT molecular complexity index is 742. The van der Waals surface area contributed by atoms with Gasteiger partial charge in [0.05, 0.1) is 15.4 Å². The van der Waals surface area contributed by atoms with Gasteiger partial charge in [0, 0.05) is 11.8 Å². The highest BCUT2D eigenvalue weighted by Gasteiger charge is 2.11. The molecule has 1 aromatic carbocycles. The van der Waals surface area contributed by atoms with Gasteiger partial charge in [0.2, 0.25) is 0 Å². The molecule has 19 heavy (non-hydrogen) atoms. The average Bonchev–Trinajstić information content (AvgIpc) is 2.84. The number of anilines is 1. The van der Waals surface area contributed by atoms with Gasteiger partial charge in [-0.3, -0.25) is 15.1 Å². The number of pyridine rings is 1. The molecule has 1 N–H and O–H groups in total. The van der Waals surface area contributed by atoms with Crippen LogP contribution in [0.2, 0.25) is 0 Å². The fourth-order valence-electron chi connectivity index (χ4n) is 1.63. The van der Waals surface area contributed by atoms with Crippen LogP contribution in [0.4, 0.5) is 5.13 Å². The number of benzene rings is 1. The molecule has 3 aromatic rings. The summed E-state index contributed by atoms with van der Waals surface area (Å²) in [7, 11) is 0. The van der Waals surface area contributed by atoms with Crippen molar-refractivity contribution in [1.29, 1.82) is 0 Å². The first-order chi connectivity index (χ1) is 9.24. The largest absolute Gasteiger partial charge is 0.298 e. The van der Waals surface area contributed by atoms with E-state index in [1.807, 2.05) is 18.2 Å². The fraction of sp³-hybridized carbons (Fsp3) is 0. The molecule has 0 saturated carbocycles. The number of carbonyl (C=O) groups is 1. The first-order valence-corrected chi connectivity index (χ1v) is 7.11. The Morgan fingerprint density at radius 3 is 2.74 bits per heavy atom. The third kappa shape index (κ3) is 2.50. The van der Waals surface area contributed by atoms with E-state index >= 15 is 0 Å². The molecule has 0 spiro atoms. The monoisotopic (exact) mass is 333 g/mol. The van der Waals surface area contributed by atoms with Crippen molar-refractivity contribution in [2.24, 2.45) is 0 Å². The number of nitrogens with zero attached hydrogens (tertiary/aromatic N) is 2. The number of nitrogens with one attached hydrogen (secondary N) is 1. The Hall–Kier alpha value is -1.79. The van der Waals surface area contributed by atoms with Gasteiger partial charge in [-0.25, -0.2) is 4.98 Å². The van der Waals surface area contributed by atoms with E-state index in [1.165, 1.54) is 11.3 Å². The molecule has 0 fully saturated rings. The van der Waals surface area contributed by atoms with Gasteiger partial charge >= 0.3 is 0 Å². The van der Waals surface area contributed by atoms with Gasteiger partial charge in [0.25, 0.3) is 5.91 Å². The third-order valence-electron chi connectivity index (χ3n) is 2.51. The third-order valence-corrected chi connectivity index (χ3v) is 4.40. The van der Waals surface area contributed by atoms with E-state index < -0.39 is 0 Å². The molecule has 94 valence electrons. The van der Waals surface area contributed by atoms with Crippen LogP contribution in [0.3, 0.4) is 0 Å². The van der Waals surface area contributed by atoms with Gasteiger partial charge in [-0.1, -0.05) is 29.5 Å². The minimum Gasteiger partial charge on any atom is -0.298 e. The molecule has 2 aromatic heterocycles. The van der Waals surface area contributed by atoms with Crippen molar-refractivity contribution in [1.82, 2.24) is 9.97 Å². The maximum atomic E-state index is 12.0. The summed E-state index contributed by atoms with van der Waals surface area (Å²) in [6.45, 7) is 0. The summed E-state index contributed by atoms with van der Waals surface area (Å²) in [6.07, 6.45) is 3.39. The van der Waals surface area contributed by atoms with E-state index in [0.29, 0.717) is 10.7 Å². The van der Waals surface area contributed by atoms with Gasteiger partial charge in [-0.15, -0.1) is 0 Å². The van der Waals surface area contributed by atoms with E-state index in [2.05, 4.69) is 31.2 Å². The summed E-state index contributed by atoms with van der Waals surface area (Å²) in [5.74, 6) is -0.163. The number of aromatic nitrogens is 2. The van der Waals surface area contributed by atoms with E-state index in [-0.39, 0.29) is 5.91 Å². The zero-order valence-corrected chi connectivity index (χ0v) is 12.0. The lowest BCUT2D eigenvalue weighted by atomic mass is 10.2. The molecule has 0 saturated heterocycles. The van der Waals surface area contributed by atoms with Crippen molar-refractivity contribution in [3.8, 4) is 0 Å². The Morgan fingerprint density at radius 2 is 2.00 bits per heavy atom. The van der Waals surface area contributed by atoms with Crippen LogP contribution in [0.25, 0.3) is 10.2 Å². The van der Waals surface area contributed by atoms with Crippen molar-refractivity contribution in [3.63, 3.8) is 0 Å². The highest BCUT2D eigenvalue weighted by atomic mass is 79.9. The van der Waals surface area contributed by atoms with Gasteiger partial charge < -0.3 is 0 Å². The number of hydrogen-bond acceptors (Lipinski definition) is 4. The van der Waals surface area contributed by atoms with Crippen LogP contribution in [0.5, 0.6) is 0 Å². The highest BCUT2D eigenvalue weighted by Crippen LogP contribution is 2.31. The number of thiazole rings is 1. The Morgan fingerprint density at radius 1 is 1.21 bits per heavy atom. The number of hydrogen-bond donors (Lipinski definition) is 1. The maximum Gasteiger partial charge on any atom is 0.257 e. The topological polar surface area (TPSA) is 54.9 Å². The molecular weight excluding hydrogens is 326 g/mol. The van der Waals surface area contributed by atoms with E-state index in [1.54, 1.807) is 24.5 Å². The van der Waals surface area contributed by atoms with Crippen LogP contribution in [0.1, 0.15) is 10.4 Å². The quantitative estimate of drug-likeness (QED) is 0.777. The summed E-state index contributed by atoms with van der Waals surface area (Å²) >= 11 is 4.83. The summed E-state index contributed by atoms with van der Waals surface area (Å²) < 4.78 is 1.85. The zero-order valence-electron chi connectivity index (χ0n) is 9.63. The summed E-state index contributed by atoms with van der Waals surface area (Å²) in [6, 6.07) is 9.05. The van der Waals surface area contributed by atoms with Crippen LogP contribution in [0.15, 0.2) is 47.2 Å². The molecule has 0 aliphatic rings. The molecular formula is C13H8BrN3OS. The highest BCUT2D eigenvalue weighted by molar-refractivity contribution is 9.10. The number of halogens is 1. The molecule has 0 unspecified atom stereocenters. The Balaban J connectivity index is 1.90. The van der Waals surface area contributed by atoms with E-state index in [4.69, 9.17) is 0 Å². The molecule has 3 rings (SSSR count). The molecule has 0 aliphatic carbocycles. The smallest absolute Gasteiger partial charge is 0.257 e. The summed E-state index contributed by atoms with van der Waals surface area (Å²) in [5.41, 5.74) is 1.38. The molecule has 6 heteroatoms. The van der Waals surface area contributed by atoms with Crippen molar-refractivity contribution < 1.29 is 4.79 Å². The van der Waals surface area contributed by atoms with E-state index in [0.717, 1.165) is 14.7 Å². The molecule has 2 heterocycles. The Labute approximate surface area is 121 Å². The maximum absolute atomic E-state index is 12.0. The number of carbonyl (C=O) groups excluding carboxylic acids is 1. The van der Waals surface area contributed by atoms with Crippen LogP contribution in [-0.2, 0) is 0 Å². The lowest BCUT2D eigenvalue weighted by Crippen LogP contribution is -2.11. The first kappa shape index (κ1) is 12.3. The number of rotatable bonds is 2. The molecule has 4 nitrogen and oxygen atoms in total. The zero-order chi connectivity index (χ0) is 13.2. The van der Waals surface area contributed by atoms with Crippen LogP contribution >= 0.6 is 27.3 Å². The minimum atomic E-state index is -0.163. The van der Waals surface area contributed by atoms with Crippen molar-refractivity contribution in [3.05, 3.63) is 52.8 Å². The predicted octanol–water partition coefficient (Wildman–Crippen LogP) is 3.71. The summed E-state index contributed by atoms with van der Waals surface area (Å²) in [5, 5.41) is 3.36. The van der Waals surface area contributed by atoms with Crippen LogP contribution in [0, 0.1) is 0 Å². The van der Waals surface area contributed by atoms with Crippen molar-refractivity contribution >= 4 is 48.5 Å². The van der Waals surface area contributed by atoms with Gasteiger partial charge in [-0.05, 0) is 28.1 Å².